The maximum atomic E-state index is 10.8. The van der Waals surface area contributed by atoms with Gasteiger partial charge in [0, 0.05) is 6.08 Å². The van der Waals surface area contributed by atoms with Crippen molar-refractivity contribution in [3.63, 3.8) is 0 Å². The van der Waals surface area contributed by atoms with E-state index in [9.17, 15) is 9.90 Å². The van der Waals surface area contributed by atoms with E-state index < -0.39 is 18.2 Å². The number of carbonyl (C=O) groups excluding carboxylic acids is 1. The molecule has 3 nitrogen and oxygen atoms in total. The number of esters is 1. The Morgan fingerprint density at radius 1 is 1.33 bits per heavy atom. The summed E-state index contributed by atoms with van der Waals surface area (Å²) < 4.78 is 4.91. The van der Waals surface area contributed by atoms with Gasteiger partial charge in [-0.15, -0.1) is 0 Å². The van der Waals surface area contributed by atoms with Crippen molar-refractivity contribution < 1.29 is 14.6 Å². The fourth-order valence-electron chi connectivity index (χ4n) is 1.51. The van der Waals surface area contributed by atoms with Crippen molar-refractivity contribution in [1.82, 2.24) is 0 Å². The van der Waals surface area contributed by atoms with Crippen LogP contribution in [-0.4, -0.2) is 17.2 Å². The van der Waals surface area contributed by atoms with Gasteiger partial charge < -0.3 is 9.84 Å². The zero-order valence-electron chi connectivity index (χ0n) is 8.38. The summed E-state index contributed by atoms with van der Waals surface area (Å²) in [5, 5.41) is 9.90. The van der Waals surface area contributed by atoms with Crippen molar-refractivity contribution in [3.05, 3.63) is 47.5 Å². The summed E-state index contributed by atoms with van der Waals surface area (Å²) in [6.45, 7) is 1.98. The minimum Gasteiger partial charge on any atom is -0.452 e. The number of aliphatic hydroxyl groups is 1. The van der Waals surface area contributed by atoms with Gasteiger partial charge in [-0.05, 0) is 18.6 Å². The van der Waals surface area contributed by atoms with E-state index >= 15 is 0 Å². The normalized spacial score (nSPS) is 21.5. The zero-order valence-corrected chi connectivity index (χ0v) is 8.38. The fraction of sp³-hybridized carbons (Fsp3) is 0.250. The average molecular weight is 204 g/mol. The molecule has 15 heavy (non-hydrogen) atoms. The van der Waals surface area contributed by atoms with Crippen LogP contribution in [0.15, 0.2) is 36.4 Å². The SMILES string of the molecule is Cc1ccc([C@@H](O)[C@@H]2C=CC(=O)O2)cc1. The van der Waals surface area contributed by atoms with E-state index in [0.29, 0.717) is 0 Å². The summed E-state index contributed by atoms with van der Waals surface area (Å²) in [7, 11) is 0. The topological polar surface area (TPSA) is 46.5 Å². The standard InChI is InChI=1S/C12H12O3/c1-8-2-4-9(5-3-8)12(14)10-6-7-11(13)15-10/h2-7,10,12,14H,1H3/t10-,12+/m0/s1. The van der Waals surface area contributed by atoms with Crippen LogP contribution in [0.2, 0.25) is 0 Å². The first kappa shape index (κ1) is 9.93. The van der Waals surface area contributed by atoms with E-state index in [1.165, 1.54) is 6.08 Å². The molecular formula is C12H12O3. The molecule has 0 radical (unpaired) electrons. The van der Waals surface area contributed by atoms with Crippen LogP contribution in [0, 0.1) is 6.92 Å². The average Bonchev–Trinajstić information content (AvgIpc) is 2.65. The fourth-order valence-corrected chi connectivity index (χ4v) is 1.51. The first-order chi connectivity index (χ1) is 7.16. The van der Waals surface area contributed by atoms with Gasteiger partial charge in [-0.1, -0.05) is 29.8 Å². The van der Waals surface area contributed by atoms with E-state index in [0.717, 1.165) is 11.1 Å². The molecule has 0 aliphatic carbocycles. The number of aryl methyl sites for hydroxylation is 1. The van der Waals surface area contributed by atoms with Crippen LogP contribution in [0.3, 0.4) is 0 Å². The first-order valence-corrected chi connectivity index (χ1v) is 4.80. The van der Waals surface area contributed by atoms with Gasteiger partial charge in [0.05, 0.1) is 0 Å². The van der Waals surface area contributed by atoms with Crippen molar-refractivity contribution >= 4 is 5.97 Å². The van der Waals surface area contributed by atoms with Gasteiger partial charge in [-0.3, -0.25) is 0 Å². The Morgan fingerprint density at radius 2 is 2.00 bits per heavy atom. The maximum Gasteiger partial charge on any atom is 0.331 e. The molecule has 0 saturated carbocycles. The number of carbonyl (C=O) groups is 1. The lowest BCUT2D eigenvalue weighted by Gasteiger charge is -2.16. The summed E-state index contributed by atoms with van der Waals surface area (Å²) in [5.41, 5.74) is 1.88. The number of cyclic esters (lactones) is 1. The van der Waals surface area contributed by atoms with Gasteiger partial charge in [0.2, 0.25) is 0 Å². The highest BCUT2D eigenvalue weighted by atomic mass is 16.6. The van der Waals surface area contributed by atoms with Crippen molar-refractivity contribution in [2.75, 3.05) is 0 Å². The number of ether oxygens (including phenoxy) is 1. The number of benzene rings is 1. The van der Waals surface area contributed by atoms with Crippen molar-refractivity contribution in [2.24, 2.45) is 0 Å². The molecule has 0 unspecified atom stereocenters. The molecule has 2 rings (SSSR count). The summed E-state index contributed by atoms with van der Waals surface area (Å²) in [6.07, 6.45) is 1.57. The highest BCUT2D eigenvalue weighted by Gasteiger charge is 2.25. The Balaban J connectivity index is 2.14. The number of rotatable bonds is 2. The van der Waals surface area contributed by atoms with Gasteiger partial charge in [0.15, 0.2) is 6.10 Å². The number of hydrogen-bond acceptors (Lipinski definition) is 3. The van der Waals surface area contributed by atoms with Crippen LogP contribution in [0.5, 0.6) is 0 Å². The van der Waals surface area contributed by atoms with Gasteiger partial charge >= 0.3 is 5.97 Å². The second-order valence-electron chi connectivity index (χ2n) is 3.62. The Bertz CT molecular complexity index is 392. The summed E-state index contributed by atoms with van der Waals surface area (Å²) >= 11 is 0. The summed E-state index contributed by atoms with van der Waals surface area (Å²) in [5.74, 6) is -0.397. The highest BCUT2D eigenvalue weighted by molar-refractivity contribution is 5.84. The van der Waals surface area contributed by atoms with Gasteiger partial charge in [-0.2, -0.15) is 0 Å². The zero-order chi connectivity index (χ0) is 10.8. The van der Waals surface area contributed by atoms with Crippen molar-refractivity contribution in [2.45, 2.75) is 19.1 Å². The van der Waals surface area contributed by atoms with Gasteiger partial charge in [0.25, 0.3) is 0 Å². The molecule has 1 aromatic carbocycles. The minimum absolute atomic E-state index is 0.397. The van der Waals surface area contributed by atoms with Crippen LogP contribution < -0.4 is 0 Å². The second-order valence-corrected chi connectivity index (χ2v) is 3.62. The molecule has 0 amide bonds. The van der Waals surface area contributed by atoms with Crippen LogP contribution in [0.4, 0.5) is 0 Å². The molecule has 3 heteroatoms. The summed E-state index contributed by atoms with van der Waals surface area (Å²) in [4.78, 5) is 10.8. The van der Waals surface area contributed by atoms with E-state index in [2.05, 4.69) is 0 Å². The molecule has 78 valence electrons. The Kier molecular flexibility index (Phi) is 2.56. The first-order valence-electron chi connectivity index (χ1n) is 4.80. The molecule has 1 aliphatic heterocycles. The molecule has 1 heterocycles. The Hall–Kier alpha value is -1.61. The third-order valence-electron chi connectivity index (χ3n) is 2.40. The largest absolute Gasteiger partial charge is 0.452 e. The van der Waals surface area contributed by atoms with E-state index in [4.69, 9.17) is 4.74 Å². The molecule has 0 bridgehead atoms. The maximum absolute atomic E-state index is 10.8. The van der Waals surface area contributed by atoms with E-state index in [1.54, 1.807) is 6.08 Å². The monoisotopic (exact) mass is 204 g/mol. The van der Waals surface area contributed by atoms with Gasteiger partial charge in [-0.25, -0.2) is 4.79 Å². The molecule has 2 atom stereocenters. The van der Waals surface area contributed by atoms with Crippen molar-refractivity contribution in [1.29, 1.82) is 0 Å². The Labute approximate surface area is 88.0 Å². The molecule has 0 fully saturated rings. The molecule has 1 aromatic rings. The van der Waals surface area contributed by atoms with Crippen LogP contribution in [0.1, 0.15) is 17.2 Å². The van der Waals surface area contributed by atoms with Crippen LogP contribution >= 0.6 is 0 Å². The second kappa shape index (κ2) is 3.87. The van der Waals surface area contributed by atoms with Crippen LogP contribution in [-0.2, 0) is 9.53 Å². The predicted octanol–water partition coefficient (Wildman–Crippen LogP) is 1.51. The molecule has 0 saturated heterocycles. The molecule has 0 spiro atoms. The predicted molar refractivity (Wildman–Crippen MR) is 55.2 cm³/mol. The quantitative estimate of drug-likeness (QED) is 0.743. The third kappa shape index (κ3) is 2.07. The molecule has 1 N–H and O–H groups in total. The smallest absolute Gasteiger partial charge is 0.331 e. The minimum atomic E-state index is -0.784. The molecular weight excluding hydrogens is 192 g/mol. The molecule has 1 aliphatic rings. The Morgan fingerprint density at radius 3 is 2.53 bits per heavy atom. The van der Waals surface area contributed by atoms with E-state index in [1.807, 2.05) is 31.2 Å². The lowest BCUT2D eigenvalue weighted by molar-refractivity contribution is -0.142. The van der Waals surface area contributed by atoms with Crippen molar-refractivity contribution in [3.8, 4) is 0 Å². The highest BCUT2D eigenvalue weighted by Crippen LogP contribution is 2.23. The lowest BCUT2D eigenvalue weighted by Crippen LogP contribution is -2.18. The number of aliphatic hydroxyl groups excluding tert-OH is 1. The molecule has 0 aromatic heterocycles. The van der Waals surface area contributed by atoms with E-state index in [-0.39, 0.29) is 0 Å². The lowest BCUT2D eigenvalue weighted by atomic mass is 10.0. The third-order valence-corrected chi connectivity index (χ3v) is 2.40. The number of hydrogen-bond donors (Lipinski definition) is 1. The van der Waals surface area contributed by atoms with Gasteiger partial charge in [0.1, 0.15) is 6.10 Å². The van der Waals surface area contributed by atoms with Crippen LogP contribution in [0.25, 0.3) is 0 Å². The summed E-state index contributed by atoms with van der Waals surface area (Å²) in [6, 6.07) is 7.50.